The monoisotopic (exact) mass is 489 g/mol. The molecule has 0 saturated carbocycles. The molecule has 3 rings (SSSR count). The molecular weight excluding hydrogens is 462 g/mol. The second kappa shape index (κ2) is 9.05. The lowest BCUT2D eigenvalue weighted by Crippen LogP contribution is -2.49. The molecule has 0 unspecified atom stereocenters. The number of aliphatic hydroxyl groups is 1. The van der Waals surface area contributed by atoms with Gasteiger partial charge in [-0.1, -0.05) is 6.07 Å². The lowest BCUT2D eigenvalue weighted by Gasteiger charge is -2.37. The summed E-state index contributed by atoms with van der Waals surface area (Å²) < 4.78 is 51.6. The summed E-state index contributed by atoms with van der Waals surface area (Å²) in [5, 5.41) is 13.4. The number of furan rings is 1. The van der Waals surface area contributed by atoms with E-state index in [1.807, 2.05) is 0 Å². The fourth-order valence-corrected chi connectivity index (χ4v) is 3.63. The van der Waals surface area contributed by atoms with Crippen LogP contribution in [0.3, 0.4) is 0 Å². The summed E-state index contributed by atoms with van der Waals surface area (Å²) in [7, 11) is -0.877. The van der Waals surface area contributed by atoms with Crippen LogP contribution in [0.5, 0.6) is 0 Å². The van der Waals surface area contributed by atoms with E-state index in [9.17, 15) is 22.7 Å². The summed E-state index contributed by atoms with van der Waals surface area (Å²) in [5.74, 6) is -0.676. The Bertz CT molecular complexity index is 1330. The predicted molar refractivity (Wildman–Crippen MR) is 130 cm³/mol. The van der Waals surface area contributed by atoms with Crippen LogP contribution in [0.25, 0.3) is 22.3 Å². The molecule has 0 saturated heterocycles. The standard InChI is InChI=1S/C23H27BFN2O6S/c1-22(2,29)23(3,4)33-24-16-11-15-18(12-17(16)27-34(6,30)31)32-20(19(15)21(28)26-5)13-7-9-14(25)10-8-13/h7-12,27,29H,1-6H3,(H,26,28). The second-order valence-electron chi connectivity index (χ2n) is 9.01. The van der Waals surface area contributed by atoms with E-state index in [1.165, 1.54) is 44.9 Å². The smallest absolute Gasteiger partial charge is 0.333 e. The van der Waals surface area contributed by atoms with Crippen molar-refractivity contribution in [3.63, 3.8) is 0 Å². The zero-order valence-corrected chi connectivity index (χ0v) is 20.6. The zero-order valence-electron chi connectivity index (χ0n) is 19.8. The SMILES string of the molecule is CNC(=O)c1c(-c2ccc(F)cc2)oc2cc(NS(C)(=O)=O)c([B]OC(C)(C)C(C)(C)O)cc12. The van der Waals surface area contributed by atoms with Crippen LogP contribution in [-0.2, 0) is 14.7 Å². The molecule has 181 valence electrons. The van der Waals surface area contributed by atoms with Gasteiger partial charge in [-0.2, -0.15) is 0 Å². The van der Waals surface area contributed by atoms with Crippen LogP contribution in [0.4, 0.5) is 10.1 Å². The Morgan fingerprint density at radius 1 is 1.15 bits per heavy atom. The summed E-state index contributed by atoms with van der Waals surface area (Å²) >= 11 is 0. The van der Waals surface area contributed by atoms with E-state index < -0.39 is 32.9 Å². The summed E-state index contributed by atoms with van der Waals surface area (Å²) in [6.45, 7) is 6.56. The average Bonchev–Trinajstić information content (AvgIpc) is 3.08. The van der Waals surface area contributed by atoms with E-state index in [-0.39, 0.29) is 22.6 Å². The summed E-state index contributed by atoms with van der Waals surface area (Å²) in [5.41, 5.74) is -0.857. The van der Waals surface area contributed by atoms with Crippen LogP contribution >= 0.6 is 0 Å². The van der Waals surface area contributed by atoms with Gasteiger partial charge in [0.05, 0.1) is 23.0 Å². The van der Waals surface area contributed by atoms with Gasteiger partial charge in [0.15, 0.2) is 0 Å². The van der Waals surface area contributed by atoms with Crippen molar-refractivity contribution in [3.05, 3.63) is 47.8 Å². The average molecular weight is 489 g/mol. The highest BCUT2D eigenvalue weighted by Gasteiger charge is 2.36. The molecule has 0 aliphatic rings. The Morgan fingerprint density at radius 3 is 2.29 bits per heavy atom. The minimum Gasteiger partial charge on any atom is -0.455 e. The molecule has 0 spiro atoms. The maximum absolute atomic E-state index is 13.4. The Labute approximate surface area is 198 Å². The van der Waals surface area contributed by atoms with E-state index in [2.05, 4.69) is 10.0 Å². The maximum atomic E-state index is 13.4. The van der Waals surface area contributed by atoms with Crippen molar-refractivity contribution in [1.29, 1.82) is 0 Å². The number of hydrogen-bond donors (Lipinski definition) is 3. The van der Waals surface area contributed by atoms with Crippen LogP contribution in [0, 0.1) is 5.82 Å². The van der Waals surface area contributed by atoms with Crippen LogP contribution in [0.1, 0.15) is 38.1 Å². The highest BCUT2D eigenvalue weighted by molar-refractivity contribution is 7.92. The molecule has 8 nitrogen and oxygen atoms in total. The van der Waals surface area contributed by atoms with Crippen molar-refractivity contribution in [2.24, 2.45) is 0 Å². The molecule has 0 fully saturated rings. The molecule has 3 N–H and O–H groups in total. The lowest BCUT2D eigenvalue weighted by molar-refractivity contribution is -0.0893. The Balaban J connectivity index is 2.22. The lowest BCUT2D eigenvalue weighted by atomic mass is 9.81. The zero-order chi connectivity index (χ0) is 25.5. The number of hydrogen-bond acceptors (Lipinski definition) is 6. The predicted octanol–water partition coefficient (Wildman–Crippen LogP) is 2.78. The van der Waals surface area contributed by atoms with Gasteiger partial charge in [0.1, 0.15) is 17.2 Å². The Kier molecular flexibility index (Phi) is 6.85. The van der Waals surface area contributed by atoms with Crippen molar-refractivity contribution in [2.45, 2.75) is 38.9 Å². The van der Waals surface area contributed by atoms with Crippen LogP contribution in [-0.4, -0.2) is 51.4 Å². The number of amides is 1. The molecule has 0 atom stereocenters. The van der Waals surface area contributed by atoms with Gasteiger partial charge in [0.2, 0.25) is 10.0 Å². The third-order valence-electron chi connectivity index (χ3n) is 5.67. The second-order valence-corrected chi connectivity index (χ2v) is 10.8. The highest BCUT2D eigenvalue weighted by atomic mass is 32.2. The molecule has 1 heterocycles. The van der Waals surface area contributed by atoms with Crippen molar-refractivity contribution in [3.8, 4) is 11.3 Å². The van der Waals surface area contributed by atoms with E-state index in [4.69, 9.17) is 9.07 Å². The van der Waals surface area contributed by atoms with Gasteiger partial charge in [-0.15, -0.1) is 0 Å². The number of fused-ring (bicyclic) bond motifs is 1. The van der Waals surface area contributed by atoms with Crippen molar-refractivity contribution < 1.29 is 31.8 Å². The Hall–Kier alpha value is -2.89. The van der Waals surface area contributed by atoms with E-state index >= 15 is 0 Å². The van der Waals surface area contributed by atoms with E-state index in [0.717, 1.165) is 6.26 Å². The Morgan fingerprint density at radius 2 is 1.76 bits per heavy atom. The molecule has 2 aromatic carbocycles. The van der Waals surface area contributed by atoms with Crippen molar-refractivity contribution in [2.75, 3.05) is 18.0 Å². The van der Waals surface area contributed by atoms with E-state index in [0.29, 0.717) is 16.4 Å². The molecule has 0 aliphatic heterocycles. The molecule has 3 aromatic rings. The van der Waals surface area contributed by atoms with Gasteiger partial charge in [0, 0.05) is 29.8 Å². The first-order chi connectivity index (χ1) is 15.6. The topological polar surface area (TPSA) is 118 Å². The van der Waals surface area contributed by atoms with Gasteiger partial charge >= 0.3 is 7.48 Å². The maximum Gasteiger partial charge on any atom is 0.333 e. The number of sulfonamides is 1. The molecule has 0 aliphatic carbocycles. The number of carbonyl (C=O) groups excluding carboxylic acids is 1. The molecule has 11 heteroatoms. The van der Waals surface area contributed by atoms with Gasteiger partial charge in [-0.3, -0.25) is 9.52 Å². The van der Waals surface area contributed by atoms with Crippen molar-refractivity contribution in [1.82, 2.24) is 5.32 Å². The summed E-state index contributed by atoms with van der Waals surface area (Å²) in [6.07, 6.45) is 1.00. The third-order valence-corrected chi connectivity index (χ3v) is 6.26. The number of nitrogens with one attached hydrogen (secondary N) is 2. The largest absolute Gasteiger partial charge is 0.455 e. The normalized spacial score (nSPS) is 12.6. The molecule has 1 amide bonds. The first kappa shape index (κ1) is 25.7. The van der Waals surface area contributed by atoms with Crippen molar-refractivity contribution >= 4 is 45.5 Å². The van der Waals surface area contributed by atoms with Gasteiger partial charge in [-0.05, 0) is 57.4 Å². The number of benzene rings is 2. The van der Waals surface area contributed by atoms with E-state index in [1.54, 1.807) is 33.8 Å². The number of halogens is 1. The first-order valence-electron chi connectivity index (χ1n) is 10.4. The minimum atomic E-state index is -3.67. The molecule has 1 aromatic heterocycles. The quantitative estimate of drug-likeness (QED) is 0.419. The highest BCUT2D eigenvalue weighted by Crippen LogP contribution is 2.35. The first-order valence-corrected chi connectivity index (χ1v) is 12.3. The fraction of sp³-hybridized carbons (Fsp3) is 0.348. The molecule has 0 bridgehead atoms. The van der Waals surface area contributed by atoms with Crippen LogP contribution in [0.15, 0.2) is 40.8 Å². The third kappa shape index (κ3) is 5.43. The number of carbonyl (C=O) groups is 1. The molecular formula is C23H27BFN2O6S. The molecule has 34 heavy (non-hydrogen) atoms. The fourth-order valence-electron chi connectivity index (χ4n) is 3.06. The minimum absolute atomic E-state index is 0.157. The van der Waals surface area contributed by atoms with Crippen LogP contribution in [0.2, 0.25) is 0 Å². The molecule has 1 radical (unpaired) electrons. The number of anilines is 1. The van der Waals surface area contributed by atoms with Gasteiger partial charge < -0.3 is 19.5 Å². The van der Waals surface area contributed by atoms with Crippen LogP contribution < -0.4 is 15.5 Å². The van der Waals surface area contributed by atoms with Gasteiger partial charge in [0.25, 0.3) is 5.91 Å². The van der Waals surface area contributed by atoms with Gasteiger partial charge in [-0.25, -0.2) is 12.8 Å². The summed E-state index contributed by atoms with van der Waals surface area (Å²) in [6, 6.07) is 8.47. The number of rotatable bonds is 8. The summed E-state index contributed by atoms with van der Waals surface area (Å²) in [4.78, 5) is 12.8.